The van der Waals surface area contributed by atoms with Gasteiger partial charge in [-0.3, -0.25) is 4.79 Å². The number of carbonyl (C=O) groups is 1. The highest BCUT2D eigenvalue weighted by molar-refractivity contribution is 5.78. The number of rotatable bonds is 6. The van der Waals surface area contributed by atoms with Crippen molar-refractivity contribution in [1.29, 1.82) is 0 Å². The number of carbonyl (C=O) groups excluding carboxylic acids is 1. The van der Waals surface area contributed by atoms with E-state index in [1.165, 1.54) is 0 Å². The van der Waals surface area contributed by atoms with Crippen LogP contribution in [0.25, 0.3) is 0 Å². The molecule has 3 N–H and O–H groups in total. The van der Waals surface area contributed by atoms with Gasteiger partial charge in [0.25, 0.3) is 0 Å². The fraction of sp³-hybridized carbons (Fsp3) is 0.929. The Labute approximate surface area is 111 Å². The lowest BCUT2D eigenvalue weighted by molar-refractivity contribution is -0.123. The zero-order valence-corrected chi connectivity index (χ0v) is 12.0. The third-order valence-electron chi connectivity index (χ3n) is 4.16. The van der Waals surface area contributed by atoms with Crippen LogP contribution in [0.4, 0.5) is 0 Å². The normalized spacial score (nSPS) is 29.9. The van der Waals surface area contributed by atoms with Gasteiger partial charge in [0.2, 0.25) is 5.91 Å². The minimum absolute atomic E-state index is 0.00102. The van der Waals surface area contributed by atoms with Crippen LogP contribution in [0.2, 0.25) is 0 Å². The minimum Gasteiger partial charge on any atom is -0.394 e. The van der Waals surface area contributed by atoms with Crippen molar-refractivity contribution < 1.29 is 9.90 Å². The largest absolute Gasteiger partial charge is 0.394 e. The molecular weight excluding hydrogens is 228 g/mol. The molecule has 1 aliphatic rings. The number of hydrogen-bond acceptors (Lipinski definition) is 3. The molecule has 0 saturated heterocycles. The minimum atomic E-state index is -0.374. The maximum absolute atomic E-state index is 11.9. The van der Waals surface area contributed by atoms with Gasteiger partial charge in [0.1, 0.15) is 0 Å². The predicted octanol–water partition coefficient (Wildman–Crippen LogP) is 1.43. The fourth-order valence-corrected chi connectivity index (χ4v) is 2.39. The smallest absolute Gasteiger partial charge is 0.234 e. The molecule has 1 saturated carbocycles. The van der Waals surface area contributed by atoms with Crippen LogP contribution in [0.15, 0.2) is 0 Å². The number of aliphatic hydroxyl groups is 1. The second-order valence-corrected chi connectivity index (χ2v) is 5.86. The van der Waals surface area contributed by atoms with E-state index in [9.17, 15) is 9.90 Å². The molecule has 0 radical (unpaired) electrons. The van der Waals surface area contributed by atoms with E-state index in [-0.39, 0.29) is 18.1 Å². The Bertz CT molecular complexity index is 261. The average molecular weight is 256 g/mol. The average Bonchev–Trinajstić information content (AvgIpc) is 2.39. The summed E-state index contributed by atoms with van der Waals surface area (Å²) in [6.45, 7) is 6.78. The van der Waals surface area contributed by atoms with Crippen LogP contribution in [-0.2, 0) is 4.79 Å². The molecule has 0 aromatic carbocycles. The third-order valence-corrected chi connectivity index (χ3v) is 4.16. The molecule has 0 aromatic heterocycles. The number of hydrogen-bond donors (Lipinski definition) is 3. The molecule has 1 rings (SSSR count). The van der Waals surface area contributed by atoms with Crippen LogP contribution < -0.4 is 10.6 Å². The molecule has 1 unspecified atom stereocenters. The first kappa shape index (κ1) is 15.4. The first-order chi connectivity index (χ1) is 8.51. The van der Waals surface area contributed by atoms with Crippen molar-refractivity contribution >= 4 is 5.91 Å². The van der Waals surface area contributed by atoms with Crippen molar-refractivity contribution in [2.75, 3.05) is 13.2 Å². The highest BCUT2D eigenvalue weighted by atomic mass is 16.3. The van der Waals surface area contributed by atoms with E-state index in [1.54, 1.807) is 0 Å². The van der Waals surface area contributed by atoms with Gasteiger partial charge in [-0.1, -0.05) is 13.8 Å². The van der Waals surface area contributed by atoms with E-state index in [0.29, 0.717) is 18.5 Å². The van der Waals surface area contributed by atoms with Gasteiger partial charge in [-0.2, -0.15) is 0 Å². The summed E-state index contributed by atoms with van der Waals surface area (Å²) >= 11 is 0. The van der Waals surface area contributed by atoms with Gasteiger partial charge < -0.3 is 15.7 Å². The van der Waals surface area contributed by atoms with Crippen LogP contribution >= 0.6 is 0 Å². The third kappa shape index (κ3) is 4.58. The van der Waals surface area contributed by atoms with Crippen LogP contribution in [0.1, 0.15) is 52.9 Å². The molecule has 4 heteroatoms. The van der Waals surface area contributed by atoms with Gasteiger partial charge in [0, 0.05) is 6.04 Å². The van der Waals surface area contributed by atoms with Crippen molar-refractivity contribution in [1.82, 2.24) is 10.6 Å². The summed E-state index contributed by atoms with van der Waals surface area (Å²) in [4.78, 5) is 11.9. The van der Waals surface area contributed by atoms with E-state index >= 15 is 0 Å². The molecule has 4 nitrogen and oxygen atoms in total. The summed E-state index contributed by atoms with van der Waals surface area (Å²) in [7, 11) is 0. The highest BCUT2D eigenvalue weighted by Gasteiger charge is 2.34. The van der Waals surface area contributed by atoms with Crippen molar-refractivity contribution in [3.8, 4) is 0 Å². The highest BCUT2D eigenvalue weighted by Crippen LogP contribution is 2.31. The van der Waals surface area contributed by atoms with Crippen molar-refractivity contribution in [3.05, 3.63) is 0 Å². The summed E-state index contributed by atoms with van der Waals surface area (Å²) in [6.07, 6.45) is 4.95. The zero-order chi connectivity index (χ0) is 13.6. The Morgan fingerprint density at radius 2 is 2.06 bits per heavy atom. The van der Waals surface area contributed by atoms with E-state index < -0.39 is 0 Å². The number of nitrogens with one attached hydrogen (secondary N) is 2. The first-order valence-electron chi connectivity index (χ1n) is 7.16. The van der Waals surface area contributed by atoms with Crippen LogP contribution in [0.3, 0.4) is 0 Å². The lowest BCUT2D eigenvalue weighted by Gasteiger charge is -2.38. The monoisotopic (exact) mass is 256 g/mol. The van der Waals surface area contributed by atoms with Gasteiger partial charge >= 0.3 is 0 Å². The second-order valence-electron chi connectivity index (χ2n) is 5.86. The quantitative estimate of drug-likeness (QED) is 0.674. The molecule has 0 bridgehead atoms. The summed E-state index contributed by atoms with van der Waals surface area (Å²) in [5.74, 6) is 0.707. The SMILES string of the molecule is CCC(C)NCC(=O)NC1(CO)CCC(C)CC1. The van der Waals surface area contributed by atoms with Crippen molar-refractivity contribution in [2.45, 2.75) is 64.5 Å². The predicted molar refractivity (Wildman–Crippen MR) is 73.3 cm³/mol. The molecule has 1 fully saturated rings. The first-order valence-corrected chi connectivity index (χ1v) is 7.16. The van der Waals surface area contributed by atoms with Crippen molar-refractivity contribution in [3.63, 3.8) is 0 Å². The number of aliphatic hydroxyl groups excluding tert-OH is 1. The number of amides is 1. The van der Waals surface area contributed by atoms with Gasteiger partial charge in [0.05, 0.1) is 18.7 Å². The maximum Gasteiger partial charge on any atom is 0.234 e. The molecule has 1 aliphatic carbocycles. The van der Waals surface area contributed by atoms with Crippen LogP contribution in [0.5, 0.6) is 0 Å². The van der Waals surface area contributed by atoms with E-state index in [0.717, 1.165) is 32.1 Å². The topological polar surface area (TPSA) is 61.4 Å². The summed E-state index contributed by atoms with van der Waals surface area (Å²) < 4.78 is 0. The molecule has 0 heterocycles. The Morgan fingerprint density at radius 3 is 2.56 bits per heavy atom. The molecule has 18 heavy (non-hydrogen) atoms. The van der Waals surface area contributed by atoms with E-state index in [4.69, 9.17) is 0 Å². The lowest BCUT2D eigenvalue weighted by Crippen LogP contribution is -2.55. The molecule has 0 spiro atoms. The Balaban J connectivity index is 2.40. The Kier molecular flexibility index (Phi) is 6.09. The molecule has 0 aromatic rings. The van der Waals surface area contributed by atoms with E-state index in [2.05, 4.69) is 31.4 Å². The van der Waals surface area contributed by atoms with Gasteiger partial charge in [-0.25, -0.2) is 0 Å². The zero-order valence-electron chi connectivity index (χ0n) is 12.0. The second kappa shape index (κ2) is 7.10. The van der Waals surface area contributed by atoms with Crippen molar-refractivity contribution in [2.24, 2.45) is 5.92 Å². The molecule has 1 amide bonds. The lowest BCUT2D eigenvalue weighted by atomic mass is 9.77. The standard InChI is InChI=1S/C14H28N2O2/c1-4-12(3)15-9-13(18)16-14(10-17)7-5-11(2)6-8-14/h11-12,15,17H,4-10H2,1-3H3,(H,16,18). The molecule has 106 valence electrons. The summed E-state index contributed by atoms with van der Waals surface area (Å²) in [5.41, 5.74) is -0.374. The molecule has 1 atom stereocenters. The van der Waals surface area contributed by atoms with Crippen LogP contribution in [-0.4, -0.2) is 35.7 Å². The van der Waals surface area contributed by atoms with E-state index in [1.807, 2.05) is 0 Å². The van der Waals surface area contributed by atoms with Gasteiger partial charge in [0.15, 0.2) is 0 Å². The summed E-state index contributed by atoms with van der Waals surface area (Å²) in [5, 5.41) is 15.8. The van der Waals surface area contributed by atoms with Gasteiger partial charge in [-0.05, 0) is 44.9 Å². The summed E-state index contributed by atoms with van der Waals surface area (Å²) in [6, 6.07) is 0.354. The maximum atomic E-state index is 11.9. The van der Waals surface area contributed by atoms with Crippen LogP contribution in [0, 0.1) is 5.92 Å². The van der Waals surface area contributed by atoms with Gasteiger partial charge in [-0.15, -0.1) is 0 Å². The molecular formula is C14H28N2O2. The Hall–Kier alpha value is -0.610. The Morgan fingerprint density at radius 1 is 1.44 bits per heavy atom. The fourth-order valence-electron chi connectivity index (χ4n) is 2.39. The molecule has 0 aliphatic heterocycles.